The molecule has 0 aliphatic heterocycles. The highest BCUT2D eigenvalue weighted by atomic mass is 16.1. The lowest BCUT2D eigenvalue weighted by atomic mass is 9.93. The summed E-state index contributed by atoms with van der Waals surface area (Å²) in [5.41, 5.74) is 4.68. The Kier molecular flexibility index (Phi) is 5.66. The maximum Gasteiger partial charge on any atom is 0.223 e. The summed E-state index contributed by atoms with van der Waals surface area (Å²) in [7, 11) is 0. The largest absolute Gasteiger partial charge is 0.352 e. The van der Waals surface area contributed by atoms with E-state index in [0.717, 1.165) is 42.5 Å². The van der Waals surface area contributed by atoms with Crippen molar-refractivity contribution in [2.24, 2.45) is 5.92 Å². The molecule has 1 atom stereocenters. The molecule has 1 aromatic heterocycles. The number of nitrogens with zero attached hydrogens (tertiary/aromatic N) is 2. The van der Waals surface area contributed by atoms with E-state index >= 15 is 0 Å². The Morgan fingerprint density at radius 2 is 1.93 bits per heavy atom. The predicted octanol–water partition coefficient (Wildman–Crippen LogP) is 4.57. The molecule has 142 valence electrons. The topological polar surface area (TPSA) is 46.9 Å². The van der Waals surface area contributed by atoms with Gasteiger partial charge in [0, 0.05) is 24.9 Å². The number of allylic oxidation sites excluding steroid dienone is 2. The molecule has 0 fully saturated rings. The van der Waals surface area contributed by atoms with Gasteiger partial charge in [-0.3, -0.25) is 9.48 Å². The summed E-state index contributed by atoms with van der Waals surface area (Å²) in [5, 5.41) is 7.39. The van der Waals surface area contributed by atoms with Crippen LogP contribution in [0.2, 0.25) is 0 Å². The lowest BCUT2D eigenvalue weighted by Gasteiger charge is -2.18. The summed E-state index contributed by atoms with van der Waals surface area (Å²) in [5.74, 6) is 0.271. The number of rotatable bonds is 6. The van der Waals surface area contributed by atoms with Crippen LogP contribution in [0.15, 0.2) is 79.1 Å². The molecule has 2 aromatic carbocycles. The molecule has 4 nitrogen and oxygen atoms in total. The number of hydrogen-bond acceptors (Lipinski definition) is 2. The smallest absolute Gasteiger partial charge is 0.223 e. The molecule has 0 spiro atoms. The van der Waals surface area contributed by atoms with Crippen LogP contribution < -0.4 is 5.32 Å². The molecule has 28 heavy (non-hydrogen) atoms. The van der Waals surface area contributed by atoms with Crippen LogP contribution >= 0.6 is 0 Å². The summed E-state index contributed by atoms with van der Waals surface area (Å²) in [6, 6.07) is 18.8. The third-order valence-electron chi connectivity index (χ3n) is 5.28. The number of nitrogens with one attached hydrogen (secondary N) is 1. The Hall–Kier alpha value is -3.14. The summed E-state index contributed by atoms with van der Waals surface area (Å²) in [4.78, 5) is 12.5. The van der Waals surface area contributed by atoms with Crippen molar-refractivity contribution in [3.05, 3.63) is 90.3 Å². The van der Waals surface area contributed by atoms with Crippen molar-refractivity contribution in [1.82, 2.24) is 15.1 Å². The Morgan fingerprint density at radius 3 is 2.68 bits per heavy atom. The first-order valence-electron chi connectivity index (χ1n) is 9.87. The Bertz CT molecular complexity index is 942. The van der Waals surface area contributed by atoms with Crippen LogP contribution in [0.3, 0.4) is 0 Å². The number of hydrogen-bond donors (Lipinski definition) is 1. The molecule has 0 bridgehead atoms. The molecule has 1 aliphatic carbocycles. The summed E-state index contributed by atoms with van der Waals surface area (Å²) < 4.78 is 1.92. The Labute approximate surface area is 165 Å². The van der Waals surface area contributed by atoms with E-state index in [-0.39, 0.29) is 11.8 Å². The SMILES string of the molecule is O=C(NCc1ccccc1-c1ccc(Cn2cccn2)cc1)C1CC=CCC1. The van der Waals surface area contributed by atoms with E-state index in [4.69, 9.17) is 0 Å². The highest BCUT2D eigenvalue weighted by Gasteiger charge is 2.18. The summed E-state index contributed by atoms with van der Waals surface area (Å²) in [6.45, 7) is 1.32. The van der Waals surface area contributed by atoms with Gasteiger partial charge in [-0.05, 0) is 47.6 Å². The van der Waals surface area contributed by atoms with Crippen molar-refractivity contribution in [1.29, 1.82) is 0 Å². The maximum atomic E-state index is 12.5. The van der Waals surface area contributed by atoms with E-state index in [0.29, 0.717) is 6.54 Å². The van der Waals surface area contributed by atoms with Gasteiger partial charge in [-0.15, -0.1) is 0 Å². The minimum atomic E-state index is 0.110. The zero-order valence-electron chi connectivity index (χ0n) is 15.9. The number of amides is 1. The molecule has 1 amide bonds. The predicted molar refractivity (Wildman–Crippen MR) is 112 cm³/mol. The van der Waals surface area contributed by atoms with Crippen molar-refractivity contribution in [3.63, 3.8) is 0 Å². The molecule has 1 N–H and O–H groups in total. The second-order valence-corrected chi connectivity index (χ2v) is 7.26. The second-order valence-electron chi connectivity index (χ2n) is 7.26. The average Bonchev–Trinajstić information content (AvgIpc) is 3.26. The van der Waals surface area contributed by atoms with Gasteiger partial charge in [-0.25, -0.2) is 0 Å². The zero-order valence-corrected chi connectivity index (χ0v) is 15.9. The van der Waals surface area contributed by atoms with Crippen LogP contribution in [0.1, 0.15) is 30.4 Å². The molecule has 4 rings (SSSR count). The van der Waals surface area contributed by atoms with Crippen molar-refractivity contribution < 1.29 is 4.79 Å². The van der Waals surface area contributed by atoms with E-state index in [2.05, 4.69) is 59.0 Å². The lowest BCUT2D eigenvalue weighted by molar-refractivity contribution is -0.125. The second kappa shape index (κ2) is 8.70. The normalized spacial score (nSPS) is 16.1. The van der Waals surface area contributed by atoms with Gasteiger partial charge in [0.05, 0.1) is 6.54 Å². The quantitative estimate of drug-likeness (QED) is 0.645. The van der Waals surface area contributed by atoms with Gasteiger partial charge < -0.3 is 5.32 Å². The third-order valence-corrected chi connectivity index (χ3v) is 5.28. The van der Waals surface area contributed by atoms with Gasteiger partial charge in [0.25, 0.3) is 0 Å². The van der Waals surface area contributed by atoms with Crippen molar-refractivity contribution in [2.75, 3.05) is 0 Å². The van der Waals surface area contributed by atoms with Gasteiger partial charge in [0.2, 0.25) is 5.91 Å². The van der Waals surface area contributed by atoms with E-state index in [9.17, 15) is 4.79 Å². The fraction of sp³-hybridized carbons (Fsp3) is 0.250. The molecule has 0 radical (unpaired) electrons. The van der Waals surface area contributed by atoms with Gasteiger partial charge in [0.1, 0.15) is 0 Å². The average molecular weight is 371 g/mol. The minimum absolute atomic E-state index is 0.110. The summed E-state index contributed by atoms with van der Waals surface area (Å²) >= 11 is 0. The first-order chi connectivity index (χ1) is 13.8. The number of aromatic nitrogens is 2. The standard InChI is InChI=1S/C24H25N3O/c28-24(21-7-2-1-3-8-21)25-17-22-9-4-5-10-23(22)20-13-11-19(12-14-20)18-27-16-6-15-26-27/h1-2,4-6,9-16,21H,3,7-8,17-18H2,(H,25,28). The summed E-state index contributed by atoms with van der Waals surface area (Å²) in [6.07, 6.45) is 10.8. The fourth-order valence-corrected chi connectivity index (χ4v) is 3.69. The lowest BCUT2D eigenvalue weighted by Crippen LogP contribution is -2.30. The number of benzene rings is 2. The highest BCUT2D eigenvalue weighted by Crippen LogP contribution is 2.25. The van der Waals surface area contributed by atoms with Gasteiger partial charge in [-0.1, -0.05) is 60.7 Å². The Balaban J connectivity index is 1.45. The van der Waals surface area contributed by atoms with Crippen molar-refractivity contribution in [3.8, 4) is 11.1 Å². The molecule has 1 heterocycles. The van der Waals surface area contributed by atoms with Crippen LogP contribution in [-0.4, -0.2) is 15.7 Å². The Morgan fingerprint density at radius 1 is 1.07 bits per heavy atom. The molecule has 0 saturated carbocycles. The van der Waals surface area contributed by atoms with E-state index in [1.807, 2.05) is 29.1 Å². The first kappa shape index (κ1) is 18.2. The minimum Gasteiger partial charge on any atom is -0.352 e. The zero-order chi connectivity index (χ0) is 19.2. The van der Waals surface area contributed by atoms with E-state index in [1.165, 1.54) is 5.56 Å². The molecular formula is C24H25N3O. The molecule has 0 saturated heterocycles. The fourth-order valence-electron chi connectivity index (χ4n) is 3.69. The highest BCUT2D eigenvalue weighted by molar-refractivity contribution is 5.79. The number of carbonyl (C=O) groups is 1. The maximum absolute atomic E-state index is 12.5. The van der Waals surface area contributed by atoms with Crippen LogP contribution in [-0.2, 0) is 17.9 Å². The van der Waals surface area contributed by atoms with Crippen LogP contribution in [0.25, 0.3) is 11.1 Å². The van der Waals surface area contributed by atoms with Crippen LogP contribution in [0, 0.1) is 5.92 Å². The number of carbonyl (C=O) groups excluding carboxylic acids is 1. The van der Waals surface area contributed by atoms with Crippen molar-refractivity contribution >= 4 is 5.91 Å². The molecule has 1 aliphatic rings. The molecule has 4 heteroatoms. The van der Waals surface area contributed by atoms with Gasteiger partial charge in [-0.2, -0.15) is 5.10 Å². The monoisotopic (exact) mass is 371 g/mol. The van der Waals surface area contributed by atoms with Gasteiger partial charge >= 0.3 is 0 Å². The molecule has 1 unspecified atom stereocenters. The van der Waals surface area contributed by atoms with E-state index < -0.39 is 0 Å². The van der Waals surface area contributed by atoms with E-state index in [1.54, 1.807) is 6.20 Å². The molecule has 3 aromatic rings. The van der Waals surface area contributed by atoms with Crippen LogP contribution in [0.5, 0.6) is 0 Å². The third kappa shape index (κ3) is 4.39. The van der Waals surface area contributed by atoms with Gasteiger partial charge in [0.15, 0.2) is 0 Å². The van der Waals surface area contributed by atoms with Crippen LogP contribution in [0.4, 0.5) is 0 Å². The first-order valence-corrected chi connectivity index (χ1v) is 9.87. The van der Waals surface area contributed by atoms with Crippen molar-refractivity contribution in [2.45, 2.75) is 32.4 Å². The molecular weight excluding hydrogens is 346 g/mol.